The van der Waals surface area contributed by atoms with E-state index in [-0.39, 0.29) is 5.82 Å². The first-order valence-electron chi connectivity index (χ1n) is 10.0. The number of nitrogens with zero attached hydrogens (tertiary/aromatic N) is 5. The maximum absolute atomic E-state index is 13.7. The molecule has 1 aromatic heterocycles. The lowest BCUT2D eigenvalue weighted by Crippen LogP contribution is -2.51. The number of benzene rings is 2. The molecule has 0 aliphatic carbocycles. The normalized spacial score (nSPS) is 14.1. The second-order valence-corrected chi connectivity index (χ2v) is 7.48. The van der Waals surface area contributed by atoms with Gasteiger partial charge in [-0.3, -0.25) is 5.43 Å². The zero-order valence-electron chi connectivity index (χ0n) is 17.8. The molecule has 8 nitrogen and oxygen atoms in total. The molecule has 166 valence electrons. The van der Waals surface area contributed by atoms with E-state index < -0.39 is 0 Å². The first kappa shape index (κ1) is 21.7. The van der Waals surface area contributed by atoms with Crippen molar-refractivity contribution in [3.63, 3.8) is 0 Å². The van der Waals surface area contributed by atoms with E-state index in [1.54, 1.807) is 38.7 Å². The number of hydrogen-bond donors (Lipinski definition) is 1. The van der Waals surface area contributed by atoms with Crippen molar-refractivity contribution in [3.05, 3.63) is 54.1 Å². The summed E-state index contributed by atoms with van der Waals surface area (Å²) in [7, 11) is 3.21. The number of ether oxygens (including phenoxy) is 2. The fraction of sp³-hybridized carbons (Fsp3) is 0.273. The highest BCUT2D eigenvalue weighted by molar-refractivity contribution is 7.80. The average Bonchev–Trinajstić information content (AvgIpc) is 2.84. The van der Waals surface area contributed by atoms with Gasteiger partial charge in [-0.1, -0.05) is 18.2 Å². The van der Waals surface area contributed by atoms with Gasteiger partial charge in [-0.15, -0.1) is 0 Å². The number of nitrogens with one attached hydrogen (secondary N) is 1. The Bertz CT molecular complexity index is 1150. The van der Waals surface area contributed by atoms with Crippen LogP contribution in [0.3, 0.4) is 0 Å². The van der Waals surface area contributed by atoms with Crippen LogP contribution in [-0.4, -0.2) is 66.6 Å². The monoisotopic (exact) mass is 454 g/mol. The first-order chi connectivity index (χ1) is 15.6. The lowest BCUT2D eigenvalue weighted by Gasteiger charge is -2.36. The maximum atomic E-state index is 13.7. The van der Waals surface area contributed by atoms with Crippen LogP contribution in [0.2, 0.25) is 0 Å². The molecule has 32 heavy (non-hydrogen) atoms. The van der Waals surface area contributed by atoms with Crippen LogP contribution < -0.4 is 19.8 Å². The van der Waals surface area contributed by atoms with Gasteiger partial charge in [0.25, 0.3) is 0 Å². The summed E-state index contributed by atoms with van der Waals surface area (Å²) in [6.07, 6.45) is 2.98. The Balaban J connectivity index is 1.42. The molecule has 0 spiro atoms. The molecule has 0 amide bonds. The lowest BCUT2D eigenvalue weighted by atomic mass is 10.2. The topological polar surface area (TPSA) is 75.1 Å². The number of halogens is 1. The number of hydrogen-bond acceptors (Lipinski definition) is 7. The molecule has 2 heterocycles. The Labute approximate surface area is 190 Å². The Morgan fingerprint density at radius 1 is 1.09 bits per heavy atom. The van der Waals surface area contributed by atoms with E-state index in [1.165, 1.54) is 12.3 Å². The fourth-order valence-corrected chi connectivity index (χ4v) is 3.79. The van der Waals surface area contributed by atoms with Crippen molar-refractivity contribution in [2.45, 2.75) is 0 Å². The van der Waals surface area contributed by atoms with E-state index in [9.17, 15) is 4.39 Å². The van der Waals surface area contributed by atoms with Crippen LogP contribution in [0.25, 0.3) is 10.9 Å². The van der Waals surface area contributed by atoms with Crippen LogP contribution >= 0.6 is 12.2 Å². The molecule has 0 atom stereocenters. The molecule has 0 radical (unpaired) electrons. The molecule has 1 aliphatic rings. The number of aromatic nitrogens is 2. The summed E-state index contributed by atoms with van der Waals surface area (Å²) in [5, 5.41) is 5.47. The van der Waals surface area contributed by atoms with Crippen molar-refractivity contribution in [2.75, 3.05) is 45.3 Å². The Hall–Kier alpha value is -3.53. The molecule has 1 fully saturated rings. The quantitative estimate of drug-likeness (QED) is 0.358. The largest absolute Gasteiger partial charge is 0.493 e. The van der Waals surface area contributed by atoms with Gasteiger partial charge >= 0.3 is 0 Å². The van der Waals surface area contributed by atoms with E-state index in [2.05, 4.69) is 25.4 Å². The summed E-state index contributed by atoms with van der Waals surface area (Å²) < 4.78 is 24.5. The van der Waals surface area contributed by atoms with Crippen molar-refractivity contribution in [2.24, 2.45) is 5.10 Å². The number of hydrazone groups is 1. The van der Waals surface area contributed by atoms with E-state index in [0.29, 0.717) is 35.3 Å². The number of methoxy groups -OCH3 is 2. The van der Waals surface area contributed by atoms with Gasteiger partial charge in [0.1, 0.15) is 18.0 Å². The number of fused-ring (bicyclic) bond motifs is 1. The molecule has 2 aromatic carbocycles. The zero-order valence-corrected chi connectivity index (χ0v) is 18.6. The molecule has 1 saturated heterocycles. The van der Waals surface area contributed by atoms with Gasteiger partial charge in [-0.2, -0.15) is 5.10 Å². The van der Waals surface area contributed by atoms with Crippen LogP contribution in [0.5, 0.6) is 11.5 Å². The smallest absolute Gasteiger partial charge is 0.189 e. The van der Waals surface area contributed by atoms with E-state index in [1.807, 2.05) is 17.0 Å². The van der Waals surface area contributed by atoms with Gasteiger partial charge in [0.2, 0.25) is 0 Å². The summed E-state index contributed by atoms with van der Waals surface area (Å²) in [4.78, 5) is 13.1. The highest BCUT2D eigenvalue weighted by Gasteiger charge is 2.22. The van der Waals surface area contributed by atoms with Crippen LogP contribution in [0.1, 0.15) is 5.56 Å². The summed E-state index contributed by atoms with van der Waals surface area (Å²) >= 11 is 5.45. The number of piperazine rings is 1. The molecular formula is C22H23FN6O2S. The molecule has 4 rings (SSSR count). The third-order valence-electron chi connectivity index (χ3n) is 5.26. The van der Waals surface area contributed by atoms with Crippen molar-refractivity contribution in [1.82, 2.24) is 20.3 Å². The maximum Gasteiger partial charge on any atom is 0.189 e. The van der Waals surface area contributed by atoms with Gasteiger partial charge in [0.05, 0.1) is 26.0 Å². The second-order valence-electron chi connectivity index (χ2n) is 7.09. The fourth-order valence-electron chi connectivity index (χ4n) is 3.55. The van der Waals surface area contributed by atoms with E-state index in [0.717, 1.165) is 29.8 Å². The third kappa shape index (κ3) is 4.54. The summed E-state index contributed by atoms with van der Waals surface area (Å²) in [6, 6.07) is 10.2. The second kappa shape index (κ2) is 9.73. The minimum atomic E-state index is -0.330. The van der Waals surface area contributed by atoms with Gasteiger partial charge in [0.15, 0.2) is 16.6 Å². The van der Waals surface area contributed by atoms with Gasteiger partial charge < -0.3 is 19.3 Å². The van der Waals surface area contributed by atoms with E-state index >= 15 is 0 Å². The minimum Gasteiger partial charge on any atom is -0.493 e. The van der Waals surface area contributed by atoms with Crippen LogP contribution in [-0.2, 0) is 0 Å². The van der Waals surface area contributed by atoms with Gasteiger partial charge in [-0.05, 0) is 24.4 Å². The molecule has 0 bridgehead atoms. The minimum absolute atomic E-state index is 0.330. The molecule has 3 aromatic rings. The zero-order chi connectivity index (χ0) is 22.5. The number of rotatable bonds is 5. The molecule has 0 unspecified atom stereocenters. The summed E-state index contributed by atoms with van der Waals surface area (Å²) in [5.41, 5.74) is 4.01. The summed E-state index contributed by atoms with van der Waals surface area (Å²) in [6.45, 7) is 2.83. The number of thiocarbonyl (C=S) groups is 1. The summed E-state index contributed by atoms with van der Waals surface area (Å²) in [5.74, 6) is 1.77. The van der Waals surface area contributed by atoms with Crippen LogP contribution in [0.15, 0.2) is 47.8 Å². The van der Waals surface area contributed by atoms with Crippen LogP contribution in [0, 0.1) is 5.82 Å². The highest BCUT2D eigenvalue weighted by atomic mass is 32.1. The van der Waals surface area contributed by atoms with Crippen LogP contribution in [0.4, 0.5) is 10.2 Å². The lowest BCUT2D eigenvalue weighted by molar-refractivity contribution is 0.355. The van der Waals surface area contributed by atoms with Crippen molar-refractivity contribution >= 4 is 40.3 Å². The number of anilines is 1. The predicted octanol–water partition coefficient (Wildman–Crippen LogP) is 2.82. The Morgan fingerprint density at radius 3 is 2.53 bits per heavy atom. The standard InChI is InChI=1S/C22H23FN6O2S/c1-30-19-11-16-18(12-20(19)31-2)24-14-25-21(16)28-7-9-29(10-8-28)22(32)27-26-13-15-5-3-4-6-17(15)23/h3-6,11-14H,7-10H2,1-2H3,(H,27,32). The van der Waals surface area contributed by atoms with Gasteiger partial charge in [0, 0.05) is 43.2 Å². The highest BCUT2D eigenvalue weighted by Crippen LogP contribution is 2.34. The predicted molar refractivity (Wildman–Crippen MR) is 126 cm³/mol. The first-order valence-corrected chi connectivity index (χ1v) is 10.5. The molecular weight excluding hydrogens is 431 g/mol. The van der Waals surface area contributed by atoms with E-state index in [4.69, 9.17) is 21.7 Å². The van der Waals surface area contributed by atoms with Gasteiger partial charge in [-0.25, -0.2) is 14.4 Å². The average molecular weight is 455 g/mol. The van der Waals surface area contributed by atoms with Crippen molar-refractivity contribution in [1.29, 1.82) is 0 Å². The molecule has 1 aliphatic heterocycles. The van der Waals surface area contributed by atoms with Crippen molar-refractivity contribution in [3.8, 4) is 11.5 Å². The molecule has 1 N–H and O–H groups in total. The Morgan fingerprint density at radius 2 is 1.81 bits per heavy atom. The SMILES string of the molecule is COc1cc2ncnc(N3CCN(C(=S)NN=Cc4ccccc4F)CC3)c2cc1OC. The molecule has 10 heteroatoms. The van der Waals surface area contributed by atoms with Crippen molar-refractivity contribution < 1.29 is 13.9 Å². The third-order valence-corrected chi connectivity index (χ3v) is 5.60. The Kier molecular flexibility index (Phi) is 6.60. The molecule has 0 saturated carbocycles.